The average molecular weight is 209 g/mol. The van der Waals surface area contributed by atoms with Gasteiger partial charge in [-0.05, 0) is 37.6 Å². The Morgan fingerprint density at radius 3 is 2.67 bits per heavy atom. The van der Waals surface area contributed by atoms with E-state index in [-0.39, 0.29) is 0 Å². The molecule has 0 radical (unpaired) electrons. The summed E-state index contributed by atoms with van der Waals surface area (Å²) in [6, 6.07) is 3.95. The number of hydrogen-bond acceptors (Lipinski definition) is 3. The van der Waals surface area contributed by atoms with Crippen molar-refractivity contribution in [2.24, 2.45) is 0 Å². The monoisotopic (exact) mass is 209 g/mol. The van der Waals surface area contributed by atoms with Crippen molar-refractivity contribution >= 4 is 5.82 Å². The molecule has 1 heterocycles. The van der Waals surface area contributed by atoms with E-state index < -0.39 is 0 Å². The molecule has 1 aromatic heterocycles. The number of nitrogen functional groups attached to an aromatic ring is 1. The van der Waals surface area contributed by atoms with Gasteiger partial charge in [0.25, 0.3) is 0 Å². The second-order valence-corrected chi connectivity index (χ2v) is 3.05. The van der Waals surface area contributed by atoms with Gasteiger partial charge >= 0.3 is 0 Å². The Bertz CT molecular complexity index is 248. The molecule has 3 heteroatoms. The first-order chi connectivity index (χ1) is 7.34. The number of anilines is 1. The van der Waals surface area contributed by atoms with Crippen molar-refractivity contribution < 1.29 is 0 Å². The highest BCUT2D eigenvalue weighted by atomic mass is 14.9. The summed E-state index contributed by atoms with van der Waals surface area (Å²) >= 11 is 0. The minimum atomic E-state index is 0.654. The molecule has 3 nitrogen and oxygen atoms in total. The number of aromatic nitrogens is 1. The topological polar surface area (TPSA) is 50.9 Å². The van der Waals surface area contributed by atoms with Gasteiger partial charge in [-0.15, -0.1) is 0 Å². The third-order valence-corrected chi connectivity index (χ3v) is 1.92. The summed E-state index contributed by atoms with van der Waals surface area (Å²) in [7, 11) is 0. The van der Waals surface area contributed by atoms with Gasteiger partial charge in [0.1, 0.15) is 5.82 Å². The van der Waals surface area contributed by atoms with Crippen LogP contribution >= 0.6 is 0 Å². The summed E-state index contributed by atoms with van der Waals surface area (Å²) in [5, 5.41) is 3.33. The Labute approximate surface area is 93.1 Å². The molecule has 0 aliphatic carbocycles. The van der Waals surface area contributed by atoms with E-state index in [4.69, 9.17) is 5.73 Å². The second kappa shape index (κ2) is 9.46. The van der Waals surface area contributed by atoms with Crippen molar-refractivity contribution in [3.8, 4) is 0 Å². The van der Waals surface area contributed by atoms with Gasteiger partial charge in [0.15, 0.2) is 0 Å². The van der Waals surface area contributed by atoms with Crippen molar-refractivity contribution in [3.05, 3.63) is 23.9 Å². The first-order valence-electron chi connectivity index (χ1n) is 5.74. The summed E-state index contributed by atoms with van der Waals surface area (Å²) in [6.07, 6.45) is 3.85. The van der Waals surface area contributed by atoms with Crippen LogP contribution in [0.25, 0.3) is 0 Å². The molecule has 0 saturated heterocycles. The van der Waals surface area contributed by atoms with Crippen LogP contribution in [0.1, 0.15) is 32.8 Å². The number of nitrogens with two attached hydrogens (primary N) is 1. The number of rotatable bonds is 5. The van der Waals surface area contributed by atoms with Gasteiger partial charge in [-0.1, -0.05) is 26.8 Å². The summed E-state index contributed by atoms with van der Waals surface area (Å²) < 4.78 is 0. The number of hydrogen-bond donors (Lipinski definition) is 2. The van der Waals surface area contributed by atoms with Crippen LogP contribution in [0.5, 0.6) is 0 Å². The van der Waals surface area contributed by atoms with Crippen LogP contribution in [0.2, 0.25) is 0 Å². The van der Waals surface area contributed by atoms with Gasteiger partial charge in [-0.2, -0.15) is 0 Å². The highest BCUT2D eigenvalue weighted by molar-refractivity contribution is 5.38. The van der Waals surface area contributed by atoms with E-state index in [1.165, 1.54) is 6.42 Å². The third kappa shape index (κ3) is 6.07. The van der Waals surface area contributed by atoms with Crippen LogP contribution in [0, 0.1) is 0 Å². The normalized spacial score (nSPS) is 9.27. The highest BCUT2D eigenvalue weighted by Gasteiger charge is 1.97. The molecule has 1 rings (SSSR count). The van der Waals surface area contributed by atoms with Crippen LogP contribution in [0.3, 0.4) is 0 Å². The zero-order valence-corrected chi connectivity index (χ0v) is 10.1. The van der Waals surface area contributed by atoms with Crippen LogP contribution in [-0.2, 0) is 6.42 Å². The molecular formula is C12H23N3. The van der Waals surface area contributed by atoms with Crippen molar-refractivity contribution in [3.63, 3.8) is 0 Å². The van der Waals surface area contributed by atoms with Crippen molar-refractivity contribution in [2.45, 2.75) is 33.6 Å². The van der Waals surface area contributed by atoms with Crippen molar-refractivity contribution in [1.82, 2.24) is 10.3 Å². The standard InChI is InChI=1S/C10H17N3.C2H6/c1-2-6-12-8-5-9-4-3-7-13-10(9)11;1-2/h3-4,7,12H,2,5-6,8H2,1H3,(H2,11,13);1-2H3. The van der Waals surface area contributed by atoms with E-state index >= 15 is 0 Å². The smallest absolute Gasteiger partial charge is 0.126 e. The quantitative estimate of drug-likeness (QED) is 0.731. The average Bonchev–Trinajstić information content (AvgIpc) is 2.29. The Kier molecular flexibility index (Phi) is 8.78. The molecule has 0 amide bonds. The lowest BCUT2D eigenvalue weighted by molar-refractivity contribution is 0.671. The Morgan fingerprint density at radius 1 is 1.33 bits per heavy atom. The minimum absolute atomic E-state index is 0.654. The summed E-state index contributed by atoms with van der Waals surface area (Å²) in [5.74, 6) is 0.654. The number of nitrogens with one attached hydrogen (secondary N) is 1. The van der Waals surface area contributed by atoms with Gasteiger partial charge in [0.2, 0.25) is 0 Å². The van der Waals surface area contributed by atoms with E-state index in [1.54, 1.807) is 6.20 Å². The first kappa shape index (κ1) is 13.9. The Hall–Kier alpha value is -1.09. The summed E-state index contributed by atoms with van der Waals surface area (Å²) in [6.45, 7) is 8.20. The lowest BCUT2D eigenvalue weighted by atomic mass is 10.2. The lowest BCUT2D eigenvalue weighted by Gasteiger charge is -2.04. The summed E-state index contributed by atoms with van der Waals surface area (Å²) in [4.78, 5) is 4.03. The lowest BCUT2D eigenvalue weighted by Crippen LogP contribution is -2.18. The number of nitrogens with zero attached hydrogens (tertiary/aromatic N) is 1. The molecule has 0 aliphatic rings. The first-order valence-corrected chi connectivity index (χ1v) is 5.74. The largest absolute Gasteiger partial charge is 0.383 e. The van der Waals surface area contributed by atoms with Crippen LogP contribution in [0.4, 0.5) is 5.82 Å². The third-order valence-electron chi connectivity index (χ3n) is 1.92. The van der Waals surface area contributed by atoms with Gasteiger partial charge in [-0.3, -0.25) is 0 Å². The predicted molar refractivity (Wildman–Crippen MR) is 66.9 cm³/mol. The molecule has 15 heavy (non-hydrogen) atoms. The fraction of sp³-hybridized carbons (Fsp3) is 0.583. The fourth-order valence-corrected chi connectivity index (χ4v) is 1.19. The van der Waals surface area contributed by atoms with E-state index in [0.29, 0.717) is 5.82 Å². The maximum absolute atomic E-state index is 5.70. The maximum atomic E-state index is 5.70. The van der Waals surface area contributed by atoms with Crippen molar-refractivity contribution in [1.29, 1.82) is 0 Å². The number of pyridine rings is 1. The van der Waals surface area contributed by atoms with Crippen LogP contribution < -0.4 is 11.1 Å². The van der Waals surface area contributed by atoms with Gasteiger partial charge in [0, 0.05) is 6.20 Å². The SMILES string of the molecule is CC.CCCNCCc1cccnc1N. The van der Waals surface area contributed by atoms with E-state index in [1.807, 2.05) is 26.0 Å². The molecule has 0 saturated carbocycles. The molecule has 0 spiro atoms. The fourth-order valence-electron chi connectivity index (χ4n) is 1.19. The summed E-state index contributed by atoms with van der Waals surface area (Å²) in [5.41, 5.74) is 6.83. The molecule has 0 fully saturated rings. The zero-order chi connectivity index (χ0) is 11.5. The molecule has 0 aromatic carbocycles. The Balaban J connectivity index is 0.000000921. The van der Waals surface area contributed by atoms with E-state index in [2.05, 4.69) is 17.2 Å². The van der Waals surface area contributed by atoms with Gasteiger partial charge < -0.3 is 11.1 Å². The van der Waals surface area contributed by atoms with Crippen LogP contribution in [0.15, 0.2) is 18.3 Å². The molecule has 86 valence electrons. The van der Waals surface area contributed by atoms with E-state index in [9.17, 15) is 0 Å². The van der Waals surface area contributed by atoms with Gasteiger partial charge in [0.05, 0.1) is 0 Å². The zero-order valence-electron chi connectivity index (χ0n) is 10.1. The van der Waals surface area contributed by atoms with Crippen LogP contribution in [-0.4, -0.2) is 18.1 Å². The van der Waals surface area contributed by atoms with E-state index in [0.717, 1.165) is 25.1 Å². The molecule has 0 aliphatic heterocycles. The molecule has 0 atom stereocenters. The Morgan fingerprint density at radius 2 is 2.07 bits per heavy atom. The molecular weight excluding hydrogens is 186 g/mol. The van der Waals surface area contributed by atoms with Gasteiger partial charge in [-0.25, -0.2) is 4.98 Å². The second-order valence-electron chi connectivity index (χ2n) is 3.05. The highest BCUT2D eigenvalue weighted by Crippen LogP contribution is 2.06. The molecule has 0 bridgehead atoms. The molecule has 0 unspecified atom stereocenters. The maximum Gasteiger partial charge on any atom is 0.126 e. The molecule has 1 aromatic rings. The van der Waals surface area contributed by atoms with Crippen molar-refractivity contribution in [2.75, 3.05) is 18.8 Å². The molecule has 3 N–H and O–H groups in total. The minimum Gasteiger partial charge on any atom is -0.383 e. The predicted octanol–water partition coefficient (Wildman–Crippen LogP) is 2.23.